The number of aryl methyl sites for hydroxylation is 2. The molecular formula is C13H15FN2. The normalized spacial score (nSPS) is 10.8. The number of halogens is 1. The molecule has 0 spiro atoms. The predicted molar refractivity (Wildman–Crippen MR) is 65.5 cm³/mol. The Labute approximate surface area is 94.5 Å². The molecule has 0 aliphatic carbocycles. The zero-order chi connectivity index (χ0) is 11.9. The molecular weight excluding hydrogens is 203 g/mol. The molecule has 0 saturated carbocycles. The molecule has 2 nitrogen and oxygen atoms in total. The van der Waals surface area contributed by atoms with E-state index in [1.165, 1.54) is 6.07 Å². The summed E-state index contributed by atoms with van der Waals surface area (Å²) in [5.74, 6) is -0.203. The van der Waals surface area contributed by atoms with E-state index in [0.29, 0.717) is 5.56 Å². The van der Waals surface area contributed by atoms with Gasteiger partial charge < -0.3 is 5.32 Å². The molecule has 2 aromatic rings. The van der Waals surface area contributed by atoms with Crippen molar-refractivity contribution in [3.8, 4) is 0 Å². The van der Waals surface area contributed by atoms with Crippen LogP contribution in [0.15, 0.2) is 12.1 Å². The topological polar surface area (TPSA) is 24.9 Å². The van der Waals surface area contributed by atoms with Crippen LogP contribution >= 0.6 is 0 Å². The Morgan fingerprint density at radius 1 is 1.12 bits per heavy atom. The molecule has 1 aromatic carbocycles. The van der Waals surface area contributed by atoms with Crippen molar-refractivity contribution in [2.75, 3.05) is 12.4 Å². The first kappa shape index (κ1) is 10.9. The molecule has 0 amide bonds. The van der Waals surface area contributed by atoms with Gasteiger partial charge in [0.15, 0.2) is 0 Å². The van der Waals surface area contributed by atoms with Gasteiger partial charge in [0.05, 0.1) is 5.52 Å². The molecule has 2 rings (SSSR count). The standard InChI is InChI=1S/C13H15FN2/c1-7-9(3)16-13-8(2)11(14)6-5-10(13)12(7)15-4/h5-6H,1-4H3,(H,15,16). The summed E-state index contributed by atoms with van der Waals surface area (Å²) in [6.07, 6.45) is 0. The van der Waals surface area contributed by atoms with E-state index >= 15 is 0 Å². The van der Waals surface area contributed by atoms with Crippen molar-refractivity contribution in [1.82, 2.24) is 4.98 Å². The Balaban J connectivity index is 2.96. The summed E-state index contributed by atoms with van der Waals surface area (Å²) in [6, 6.07) is 3.28. The Morgan fingerprint density at radius 3 is 2.44 bits per heavy atom. The van der Waals surface area contributed by atoms with Gasteiger partial charge in [0.1, 0.15) is 5.82 Å². The van der Waals surface area contributed by atoms with E-state index in [-0.39, 0.29) is 5.82 Å². The van der Waals surface area contributed by atoms with Crippen molar-refractivity contribution in [2.24, 2.45) is 0 Å². The zero-order valence-corrected chi connectivity index (χ0v) is 9.98. The van der Waals surface area contributed by atoms with Gasteiger partial charge in [-0.15, -0.1) is 0 Å². The minimum atomic E-state index is -0.203. The Bertz CT molecular complexity index is 562. The van der Waals surface area contributed by atoms with Gasteiger partial charge in [0.25, 0.3) is 0 Å². The number of nitrogens with zero attached hydrogens (tertiary/aromatic N) is 1. The highest BCUT2D eigenvalue weighted by Gasteiger charge is 2.11. The summed E-state index contributed by atoms with van der Waals surface area (Å²) in [6.45, 7) is 5.73. The van der Waals surface area contributed by atoms with Crippen molar-refractivity contribution in [2.45, 2.75) is 20.8 Å². The van der Waals surface area contributed by atoms with E-state index < -0.39 is 0 Å². The monoisotopic (exact) mass is 218 g/mol. The summed E-state index contributed by atoms with van der Waals surface area (Å²) in [5.41, 5.74) is 4.43. The lowest BCUT2D eigenvalue weighted by Gasteiger charge is -2.13. The van der Waals surface area contributed by atoms with Crippen molar-refractivity contribution in [3.63, 3.8) is 0 Å². The van der Waals surface area contributed by atoms with E-state index in [2.05, 4.69) is 10.3 Å². The zero-order valence-electron chi connectivity index (χ0n) is 9.98. The number of hydrogen-bond acceptors (Lipinski definition) is 2. The van der Waals surface area contributed by atoms with Crippen LogP contribution in [0.25, 0.3) is 10.9 Å². The van der Waals surface area contributed by atoms with Gasteiger partial charge in [0.2, 0.25) is 0 Å². The molecule has 0 bridgehead atoms. The van der Waals surface area contributed by atoms with Crippen LogP contribution in [0.4, 0.5) is 10.1 Å². The van der Waals surface area contributed by atoms with Crippen LogP contribution in [0, 0.1) is 26.6 Å². The van der Waals surface area contributed by atoms with Crippen molar-refractivity contribution in [3.05, 3.63) is 34.8 Å². The molecule has 0 unspecified atom stereocenters. The van der Waals surface area contributed by atoms with Crippen molar-refractivity contribution in [1.29, 1.82) is 0 Å². The predicted octanol–water partition coefficient (Wildman–Crippen LogP) is 3.34. The molecule has 0 atom stereocenters. The first-order chi connectivity index (χ1) is 7.56. The molecule has 0 aliphatic rings. The molecule has 1 N–H and O–H groups in total. The minimum absolute atomic E-state index is 0.203. The molecule has 3 heteroatoms. The van der Waals surface area contributed by atoms with Crippen molar-refractivity contribution < 1.29 is 4.39 Å². The molecule has 0 aliphatic heterocycles. The second-order valence-corrected chi connectivity index (χ2v) is 4.02. The number of anilines is 1. The van der Waals surface area contributed by atoms with Crippen LogP contribution in [0.5, 0.6) is 0 Å². The third-order valence-electron chi connectivity index (χ3n) is 3.08. The maximum Gasteiger partial charge on any atom is 0.128 e. The minimum Gasteiger partial charge on any atom is -0.387 e. The van der Waals surface area contributed by atoms with Crippen LogP contribution in [-0.4, -0.2) is 12.0 Å². The van der Waals surface area contributed by atoms with Gasteiger partial charge in [-0.25, -0.2) is 4.39 Å². The molecule has 84 valence electrons. The van der Waals surface area contributed by atoms with Crippen LogP contribution in [-0.2, 0) is 0 Å². The lowest BCUT2D eigenvalue weighted by molar-refractivity contribution is 0.620. The second-order valence-electron chi connectivity index (χ2n) is 4.02. The van der Waals surface area contributed by atoms with Gasteiger partial charge in [-0.05, 0) is 38.5 Å². The van der Waals surface area contributed by atoms with Crippen LogP contribution < -0.4 is 5.32 Å². The van der Waals surface area contributed by atoms with Crippen LogP contribution in [0.2, 0.25) is 0 Å². The number of benzene rings is 1. The van der Waals surface area contributed by atoms with E-state index in [4.69, 9.17) is 0 Å². The Morgan fingerprint density at radius 2 is 1.81 bits per heavy atom. The largest absolute Gasteiger partial charge is 0.387 e. The van der Waals surface area contributed by atoms with Gasteiger partial charge in [0, 0.05) is 29.4 Å². The highest BCUT2D eigenvalue weighted by molar-refractivity contribution is 5.95. The number of aromatic nitrogens is 1. The van der Waals surface area contributed by atoms with Crippen molar-refractivity contribution >= 4 is 16.6 Å². The van der Waals surface area contributed by atoms with Gasteiger partial charge in [-0.1, -0.05) is 0 Å². The summed E-state index contributed by atoms with van der Waals surface area (Å²) < 4.78 is 13.5. The molecule has 1 heterocycles. The number of hydrogen-bond donors (Lipinski definition) is 1. The molecule has 16 heavy (non-hydrogen) atoms. The first-order valence-electron chi connectivity index (χ1n) is 5.30. The lowest BCUT2D eigenvalue weighted by atomic mass is 10.0. The number of rotatable bonds is 1. The average Bonchev–Trinajstić information content (AvgIpc) is 2.27. The highest BCUT2D eigenvalue weighted by Crippen LogP contribution is 2.30. The van der Waals surface area contributed by atoms with E-state index in [9.17, 15) is 4.39 Å². The summed E-state index contributed by atoms with van der Waals surface area (Å²) in [5, 5.41) is 4.14. The average molecular weight is 218 g/mol. The van der Waals surface area contributed by atoms with Crippen LogP contribution in [0.3, 0.4) is 0 Å². The number of fused-ring (bicyclic) bond motifs is 1. The SMILES string of the molecule is CNc1c(C)c(C)nc2c(C)c(F)ccc12. The number of pyridine rings is 1. The highest BCUT2D eigenvalue weighted by atomic mass is 19.1. The fourth-order valence-electron chi connectivity index (χ4n) is 1.98. The fraction of sp³-hybridized carbons (Fsp3) is 0.308. The summed E-state index contributed by atoms with van der Waals surface area (Å²) in [4.78, 5) is 4.46. The summed E-state index contributed by atoms with van der Waals surface area (Å²) in [7, 11) is 1.87. The molecule has 0 radical (unpaired) electrons. The van der Waals surface area contributed by atoms with E-state index in [1.807, 2.05) is 20.9 Å². The number of nitrogens with one attached hydrogen (secondary N) is 1. The summed E-state index contributed by atoms with van der Waals surface area (Å²) >= 11 is 0. The van der Waals surface area contributed by atoms with Crippen LogP contribution in [0.1, 0.15) is 16.8 Å². The second kappa shape index (κ2) is 3.74. The maximum absolute atomic E-state index is 13.5. The maximum atomic E-state index is 13.5. The quantitative estimate of drug-likeness (QED) is 0.794. The van der Waals surface area contributed by atoms with Gasteiger partial charge >= 0.3 is 0 Å². The van der Waals surface area contributed by atoms with Gasteiger partial charge in [-0.2, -0.15) is 0 Å². The molecule has 1 aromatic heterocycles. The van der Waals surface area contributed by atoms with Gasteiger partial charge in [-0.3, -0.25) is 4.98 Å². The Kier molecular flexibility index (Phi) is 2.54. The van der Waals surface area contributed by atoms with E-state index in [0.717, 1.165) is 27.8 Å². The first-order valence-corrected chi connectivity index (χ1v) is 5.30. The smallest absolute Gasteiger partial charge is 0.128 e. The van der Waals surface area contributed by atoms with E-state index in [1.54, 1.807) is 13.0 Å². The third-order valence-corrected chi connectivity index (χ3v) is 3.08. The molecule has 0 saturated heterocycles. The molecule has 0 fully saturated rings. The Hall–Kier alpha value is -1.64. The lowest BCUT2D eigenvalue weighted by Crippen LogP contribution is -2.00. The third kappa shape index (κ3) is 1.43. The fourth-order valence-corrected chi connectivity index (χ4v) is 1.98.